The first-order valence-electron chi connectivity index (χ1n) is 5.20. The lowest BCUT2D eigenvalue weighted by atomic mass is 9.75. The first-order chi connectivity index (χ1) is 6.90. The molecule has 0 aromatic carbocycles. The first kappa shape index (κ1) is 11.9. The van der Waals surface area contributed by atoms with Crippen molar-refractivity contribution in [2.24, 2.45) is 0 Å². The molecule has 0 heterocycles. The number of hydrogen-bond donors (Lipinski definition) is 0. The molecule has 1 saturated carbocycles. The smallest absolute Gasteiger partial charge is 0.264 e. The standard InChI is InChI=1S/C9H16N2O4/c1-3-8(2,10(12)13)9(11(14)15)6-4-5-7-9/h3-7H2,1-2H3/t8-/m1/s1. The Morgan fingerprint density at radius 2 is 1.73 bits per heavy atom. The lowest BCUT2D eigenvalue weighted by Crippen LogP contribution is -2.59. The van der Waals surface area contributed by atoms with Crippen LogP contribution >= 0.6 is 0 Å². The van der Waals surface area contributed by atoms with E-state index in [1.165, 1.54) is 6.92 Å². The van der Waals surface area contributed by atoms with E-state index in [1.54, 1.807) is 6.92 Å². The summed E-state index contributed by atoms with van der Waals surface area (Å²) >= 11 is 0. The second kappa shape index (κ2) is 3.75. The van der Waals surface area contributed by atoms with Crippen molar-refractivity contribution in [1.82, 2.24) is 0 Å². The predicted molar refractivity (Wildman–Crippen MR) is 53.9 cm³/mol. The average molecular weight is 216 g/mol. The summed E-state index contributed by atoms with van der Waals surface area (Å²) in [7, 11) is 0. The molecule has 6 nitrogen and oxygen atoms in total. The highest BCUT2D eigenvalue weighted by atomic mass is 16.6. The van der Waals surface area contributed by atoms with Crippen LogP contribution in [0.4, 0.5) is 0 Å². The molecule has 1 rings (SSSR count). The fourth-order valence-corrected chi connectivity index (χ4v) is 2.51. The van der Waals surface area contributed by atoms with Gasteiger partial charge in [-0.2, -0.15) is 0 Å². The average Bonchev–Trinajstić information content (AvgIpc) is 2.66. The number of nitro groups is 2. The van der Waals surface area contributed by atoms with Crippen LogP contribution in [-0.4, -0.2) is 20.9 Å². The zero-order valence-corrected chi connectivity index (χ0v) is 9.06. The Kier molecular flexibility index (Phi) is 2.97. The van der Waals surface area contributed by atoms with Crippen molar-refractivity contribution in [2.75, 3.05) is 0 Å². The number of nitrogens with zero attached hydrogens (tertiary/aromatic N) is 2. The maximum atomic E-state index is 11.1. The predicted octanol–water partition coefficient (Wildman–Crippen LogP) is 2.02. The van der Waals surface area contributed by atoms with Crippen LogP contribution in [0, 0.1) is 20.2 Å². The maximum absolute atomic E-state index is 11.1. The lowest BCUT2D eigenvalue weighted by Gasteiger charge is -2.31. The van der Waals surface area contributed by atoms with Gasteiger partial charge in [0.1, 0.15) is 0 Å². The SMILES string of the molecule is CC[C@@](C)([N+](=O)[O-])C1([N+](=O)[O-])CCCC1. The van der Waals surface area contributed by atoms with Gasteiger partial charge in [0.15, 0.2) is 0 Å². The quantitative estimate of drug-likeness (QED) is 0.531. The van der Waals surface area contributed by atoms with Crippen LogP contribution in [-0.2, 0) is 0 Å². The summed E-state index contributed by atoms with van der Waals surface area (Å²) < 4.78 is 0. The second-order valence-electron chi connectivity index (χ2n) is 4.38. The van der Waals surface area contributed by atoms with Crippen molar-refractivity contribution in [3.05, 3.63) is 20.2 Å². The van der Waals surface area contributed by atoms with Crippen LogP contribution < -0.4 is 0 Å². The monoisotopic (exact) mass is 216 g/mol. The van der Waals surface area contributed by atoms with Crippen LogP contribution in [0.25, 0.3) is 0 Å². The molecular formula is C9H16N2O4. The van der Waals surface area contributed by atoms with Crippen molar-refractivity contribution < 1.29 is 9.85 Å². The minimum Gasteiger partial charge on any atom is -0.264 e. The van der Waals surface area contributed by atoms with Crippen LogP contribution in [0.5, 0.6) is 0 Å². The normalized spacial score (nSPS) is 23.3. The molecule has 6 heteroatoms. The fourth-order valence-electron chi connectivity index (χ4n) is 2.51. The molecule has 0 bridgehead atoms. The molecular weight excluding hydrogens is 200 g/mol. The van der Waals surface area contributed by atoms with Crippen molar-refractivity contribution in [2.45, 2.75) is 57.0 Å². The van der Waals surface area contributed by atoms with E-state index in [9.17, 15) is 20.2 Å². The number of rotatable bonds is 4. The van der Waals surface area contributed by atoms with Gasteiger partial charge in [-0.3, -0.25) is 20.2 Å². The Bertz CT molecular complexity index is 286. The molecule has 1 aliphatic rings. The summed E-state index contributed by atoms with van der Waals surface area (Å²) in [5, 5.41) is 22.2. The molecule has 0 spiro atoms. The minimum absolute atomic E-state index is 0.195. The van der Waals surface area contributed by atoms with E-state index in [2.05, 4.69) is 0 Å². The molecule has 0 unspecified atom stereocenters. The summed E-state index contributed by atoms with van der Waals surface area (Å²) in [5.74, 6) is 0. The topological polar surface area (TPSA) is 86.3 Å². The second-order valence-corrected chi connectivity index (χ2v) is 4.38. The Morgan fingerprint density at radius 1 is 1.27 bits per heavy atom. The third kappa shape index (κ3) is 1.48. The number of hydrogen-bond acceptors (Lipinski definition) is 4. The van der Waals surface area contributed by atoms with Crippen LogP contribution in [0.3, 0.4) is 0 Å². The van der Waals surface area contributed by atoms with Gasteiger partial charge in [-0.15, -0.1) is 0 Å². The minimum atomic E-state index is -1.44. The van der Waals surface area contributed by atoms with Crippen LogP contribution in [0.15, 0.2) is 0 Å². The molecule has 15 heavy (non-hydrogen) atoms. The summed E-state index contributed by atoms with van der Waals surface area (Å²) in [5.41, 5.74) is -2.79. The molecule has 1 fully saturated rings. The van der Waals surface area contributed by atoms with Gasteiger partial charge in [-0.1, -0.05) is 6.92 Å². The molecule has 0 radical (unpaired) electrons. The zero-order chi connectivity index (χ0) is 11.7. The highest BCUT2D eigenvalue weighted by Gasteiger charge is 2.67. The van der Waals surface area contributed by atoms with Gasteiger partial charge in [0.2, 0.25) is 0 Å². The van der Waals surface area contributed by atoms with Crippen molar-refractivity contribution >= 4 is 0 Å². The van der Waals surface area contributed by atoms with Gasteiger partial charge >= 0.3 is 0 Å². The summed E-state index contributed by atoms with van der Waals surface area (Å²) in [6.45, 7) is 3.05. The Balaban J connectivity index is 3.18. The third-order valence-electron chi connectivity index (χ3n) is 3.87. The van der Waals surface area contributed by atoms with Gasteiger partial charge in [0.05, 0.1) is 0 Å². The molecule has 0 aliphatic heterocycles. The van der Waals surface area contributed by atoms with Gasteiger partial charge < -0.3 is 0 Å². The molecule has 0 aromatic heterocycles. The highest BCUT2D eigenvalue weighted by Crippen LogP contribution is 2.44. The Hall–Kier alpha value is -1.20. The largest absolute Gasteiger partial charge is 0.290 e. The van der Waals surface area contributed by atoms with E-state index < -0.39 is 20.9 Å². The van der Waals surface area contributed by atoms with E-state index in [1.807, 2.05) is 0 Å². The van der Waals surface area contributed by atoms with E-state index in [-0.39, 0.29) is 6.42 Å². The van der Waals surface area contributed by atoms with Crippen LogP contribution in [0.1, 0.15) is 46.0 Å². The van der Waals surface area contributed by atoms with E-state index in [0.717, 1.165) is 0 Å². The molecule has 0 saturated heterocycles. The maximum Gasteiger partial charge on any atom is 0.290 e. The van der Waals surface area contributed by atoms with E-state index >= 15 is 0 Å². The molecule has 1 atom stereocenters. The van der Waals surface area contributed by atoms with Gasteiger partial charge in [-0.05, 0) is 12.8 Å². The van der Waals surface area contributed by atoms with Gasteiger partial charge in [0, 0.05) is 36.0 Å². The van der Waals surface area contributed by atoms with Crippen LogP contribution in [0.2, 0.25) is 0 Å². The first-order valence-corrected chi connectivity index (χ1v) is 5.20. The summed E-state index contributed by atoms with van der Waals surface area (Å²) in [6.07, 6.45) is 2.27. The molecule has 86 valence electrons. The van der Waals surface area contributed by atoms with Crippen molar-refractivity contribution in [3.63, 3.8) is 0 Å². The molecule has 1 aliphatic carbocycles. The Morgan fingerprint density at radius 3 is 2.00 bits per heavy atom. The summed E-state index contributed by atoms with van der Waals surface area (Å²) in [6, 6.07) is 0. The van der Waals surface area contributed by atoms with E-state index in [4.69, 9.17) is 0 Å². The van der Waals surface area contributed by atoms with Crippen molar-refractivity contribution in [3.8, 4) is 0 Å². The summed E-state index contributed by atoms with van der Waals surface area (Å²) in [4.78, 5) is 21.3. The van der Waals surface area contributed by atoms with E-state index in [0.29, 0.717) is 25.7 Å². The van der Waals surface area contributed by atoms with Gasteiger partial charge in [-0.25, -0.2) is 0 Å². The van der Waals surface area contributed by atoms with Crippen molar-refractivity contribution in [1.29, 1.82) is 0 Å². The molecule has 0 N–H and O–H groups in total. The molecule has 0 amide bonds. The zero-order valence-electron chi connectivity index (χ0n) is 9.06. The lowest BCUT2D eigenvalue weighted by molar-refractivity contribution is -0.682. The van der Waals surface area contributed by atoms with Gasteiger partial charge in [0.25, 0.3) is 11.1 Å². The Labute approximate surface area is 88.0 Å². The highest BCUT2D eigenvalue weighted by molar-refractivity contribution is 5.00. The molecule has 0 aromatic rings. The fraction of sp³-hybridized carbons (Fsp3) is 1.00. The third-order valence-corrected chi connectivity index (χ3v) is 3.87.